The summed E-state index contributed by atoms with van der Waals surface area (Å²) in [7, 11) is 0. The maximum Gasteiger partial charge on any atom is 0.351 e. The van der Waals surface area contributed by atoms with E-state index in [1.54, 1.807) is 0 Å². The molecule has 0 fully saturated rings. The summed E-state index contributed by atoms with van der Waals surface area (Å²) in [4.78, 5) is 9.97. The summed E-state index contributed by atoms with van der Waals surface area (Å²) in [6.45, 7) is 3.96. The lowest BCUT2D eigenvalue weighted by Gasteiger charge is -2.16. The number of unbranched alkanes of at least 4 members (excludes halogenated alkanes) is 3. The van der Waals surface area contributed by atoms with Crippen LogP contribution < -0.4 is 0 Å². The van der Waals surface area contributed by atoms with Crippen LogP contribution in [0.3, 0.4) is 0 Å². The van der Waals surface area contributed by atoms with Gasteiger partial charge in [-0.3, -0.25) is 10.1 Å². The molecule has 0 aromatic heterocycles. The van der Waals surface area contributed by atoms with Crippen LogP contribution in [0, 0.1) is 10.1 Å². The van der Waals surface area contributed by atoms with Crippen molar-refractivity contribution >= 4 is 0 Å². The van der Waals surface area contributed by atoms with E-state index in [0.29, 0.717) is 12.8 Å². The van der Waals surface area contributed by atoms with Gasteiger partial charge in [0.2, 0.25) is 0 Å². The van der Waals surface area contributed by atoms with Crippen LogP contribution in [0.1, 0.15) is 58.8 Å². The molecule has 14 heavy (non-hydrogen) atoms. The first kappa shape index (κ1) is 13.4. The first-order chi connectivity index (χ1) is 6.56. The molecule has 0 spiro atoms. The van der Waals surface area contributed by atoms with Crippen molar-refractivity contribution < 1.29 is 10.0 Å². The summed E-state index contributed by atoms with van der Waals surface area (Å²) >= 11 is 0. The van der Waals surface area contributed by atoms with Crippen molar-refractivity contribution in [3.8, 4) is 0 Å². The van der Waals surface area contributed by atoms with E-state index in [9.17, 15) is 15.2 Å². The normalized spacial score (nSPS) is 15.1. The van der Waals surface area contributed by atoms with Crippen LogP contribution >= 0.6 is 0 Å². The molecule has 0 rings (SSSR count). The Balaban J connectivity index is 4.03. The average Bonchev–Trinajstić information content (AvgIpc) is 2.15. The second-order valence-electron chi connectivity index (χ2n) is 3.76. The SMILES string of the molecule is CCCCCC([O])(CCCC)[N+](=O)[O-]. The fourth-order valence-corrected chi connectivity index (χ4v) is 1.41. The first-order valence-electron chi connectivity index (χ1n) is 5.41. The summed E-state index contributed by atoms with van der Waals surface area (Å²) in [5, 5.41) is 22.4. The molecule has 0 aliphatic carbocycles. The Labute approximate surface area is 85.5 Å². The van der Waals surface area contributed by atoms with Crippen LogP contribution in [0.25, 0.3) is 0 Å². The third kappa shape index (κ3) is 4.56. The molecule has 0 saturated carbocycles. The molecule has 0 N–H and O–H groups in total. The number of nitrogens with zero attached hydrogens (tertiary/aromatic N) is 1. The molecule has 83 valence electrons. The Kier molecular flexibility index (Phi) is 6.45. The minimum atomic E-state index is -1.93. The molecule has 1 atom stereocenters. The van der Waals surface area contributed by atoms with Crippen molar-refractivity contribution in [3.05, 3.63) is 10.1 Å². The zero-order chi connectivity index (χ0) is 11.0. The minimum absolute atomic E-state index is 0.167. The maximum absolute atomic E-state index is 11.7. The molecule has 1 unspecified atom stereocenters. The molecule has 0 heterocycles. The highest BCUT2D eigenvalue weighted by atomic mass is 16.7. The van der Waals surface area contributed by atoms with Crippen molar-refractivity contribution in [2.45, 2.75) is 64.5 Å². The third-order valence-electron chi connectivity index (χ3n) is 2.42. The second-order valence-corrected chi connectivity index (χ2v) is 3.76. The van der Waals surface area contributed by atoms with E-state index in [1.165, 1.54) is 0 Å². The molecular weight excluding hydrogens is 182 g/mol. The largest absolute Gasteiger partial charge is 0.351 e. The lowest BCUT2D eigenvalue weighted by molar-refractivity contribution is -0.639. The van der Waals surface area contributed by atoms with E-state index >= 15 is 0 Å². The number of rotatable bonds is 8. The van der Waals surface area contributed by atoms with Gasteiger partial charge in [-0.05, 0) is 12.8 Å². The topological polar surface area (TPSA) is 63.0 Å². The molecule has 1 radical (unpaired) electrons. The van der Waals surface area contributed by atoms with E-state index in [0.717, 1.165) is 19.3 Å². The van der Waals surface area contributed by atoms with Gasteiger partial charge in [0.15, 0.2) is 0 Å². The molecule has 4 heteroatoms. The molecule has 0 amide bonds. The number of hydrogen-bond acceptors (Lipinski definition) is 2. The van der Waals surface area contributed by atoms with E-state index in [2.05, 4.69) is 0 Å². The highest BCUT2D eigenvalue weighted by molar-refractivity contribution is 4.65. The van der Waals surface area contributed by atoms with Crippen LogP contribution in [0.2, 0.25) is 0 Å². The summed E-state index contributed by atoms with van der Waals surface area (Å²) < 4.78 is 0. The third-order valence-corrected chi connectivity index (χ3v) is 2.42. The van der Waals surface area contributed by atoms with Crippen LogP contribution in [0.4, 0.5) is 0 Å². The Hall–Kier alpha value is -0.640. The predicted molar refractivity (Wildman–Crippen MR) is 54.1 cm³/mol. The van der Waals surface area contributed by atoms with Crippen LogP contribution in [-0.4, -0.2) is 10.6 Å². The van der Waals surface area contributed by atoms with Gasteiger partial charge in [0.05, 0.1) is 4.92 Å². The maximum atomic E-state index is 11.7. The van der Waals surface area contributed by atoms with Gasteiger partial charge in [0.1, 0.15) is 0 Å². The lowest BCUT2D eigenvalue weighted by Crippen LogP contribution is -2.36. The Morgan fingerprint density at radius 1 is 1.07 bits per heavy atom. The summed E-state index contributed by atoms with van der Waals surface area (Å²) in [5.41, 5.74) is -1.93. The average molecular weight is 202 g/mol. The molecule has 0 aromatic carbocycles. The monoisotopic (exact) mass is 202 g/mol. The molecule has 0 aromatic rings. The van der Waals surface area contributed by atoms with Gasteiger partial charge in [-0.15, -0.1) is 0 Å². The molecule has 4 nitrogen and oxygen atoms in total. The Morgan fingerprint density at radius 2 is 1.57 bits per heavy atom. The van der Waals surface area contributed by atoms with Crippen LogP contribution in [0.5, 0.6) is 0 Å². The van der Waals surface area contributed by atoms with Gasteiger partial charge >= 0.3 is 5.72 Å². The number of hydrogen-bond donors (Lipinski definition) is 0. The molecule has 0 bridgehead atoms. The zero-order valence-electron chi connectivity index (χ0n) is 9.12. The second kappa shape index (κ2) is 6.76. The van der Waals surface area contributed by atoms with Gasteiger partial charge in [0, 0.05) is 12.8 Å². The van der Waals surface area contributed by atoms with E-state index in [-0.39, 0.29) is 12.8 Å². The smallest absolute Gasteiger partial charge is 0.262 e. The Bertz CT molecular complexity index is 173. The minimum Gasteiger partial charge on any atom is -0.262 e. The van der Waals surface area contributed by atoms with Gasteiger partial charge in [-0.2, -0.15) is 5.11 Å². The number of nitro groups is 1. The molecule has 0 saturated heterocycles. The lowest BCUT2D eigenvalue weighted by atomic mass is 9.99. The van der Waals surface area contributed by atoms with Crippen molar-refractivity contribution in [2.75, 3.05) is 0 Å². The standard InChI is InChI=1S/C10H20NO3/c1-3-5-7-9-10(12,11(13)14)8-6-4-2/h3-9H2,1-2H3. The zero-order valence-corrected chi connectivity index (χ0v) is 9.12. The predicted octanol–water partition coefficient (Wildman–Crippen LogP) is 3.16. The quantitative estimate of drug-likeness (QED) is 0.262. The highest BCUT2D eigenvalue weighted by Crippen LogP contribution is 2.23. The van der Waals surface area contributed by atoms with E-state index in [4.69, 9.17) is 0 Å². The van der Waals surface area contributed by atoms with Gasteiger partial charge in [-0.1, -0.05) is 33.1 Å². The van der Waals surface area contributed by atoms with Gasteiger partial charge in [0.25, 0.3) is 0 Å². The van der Waals surface area contributed by atoms with Crippen molar-refractivity contribution in [1.29, 1.82) is 0 Å². The fourth-order valence-electron chi connectivity index (χ4n) is 1.41. The highest BCUT2D eigenvalue weighted by Gasteiger charge is 2.40. The molecular formula is C10H20NO3. The van der Waals surface area contributed by atoms with Crippen molar-refractivity contribution in [3.63, 3.8) is 0 Å². The summed E-state index contributed by atoms with van der Waals surface area (Å²) in [5.74, 6) is 0. The fraction of sp³-hybridized carbons (Fsp3) is 1.00. The molecule has 0 aliphatic heterocycles. The van der Waals surface area contributed by atoms with Crippen molar-refractivity contribution in [1.82, 2.24) is 0 Å². The first-order valence-corrected chi connectivity index (χ1v) is 5.41. The van der Waals surface area contributed by atoms with Gasteiger partial charge in [-0.25, -0.2) is 0 Å². The van der Waals surface area contributed by atoms with Crippen LogP contribution in [0.15, 0.2) is 0 Å². The Morgan fingerprint density at radius 3 is 2.00 bits per heavy atom. The molecule has 0 aliphatic rings. The van der Waals surface area contributed by atoms with Crippen LogP contribution in [-0.2, 0) is 5.11 Å². The van der Waals surface area contributed by atoms with E-state index in [1.807, 2.05) is 13.8 Å². The van der Waals surface area contributed by atoms with E-state index < -0.39 is 10.6 Å². The van der Waals surface area contributed by atoms with Gasteiger partial charge < -0.3 is 0 Å². The summed E-state index contributed by atoms with van der Waals surface area (Å²) in [6.07, 6.45) is 4.40. The van der Waals surface area contributed by atoms with Crippen molar-refractivity contribution in [2.24, 2.45) is 0 Å². The summed E-state index contributed by atoms with van der Waals surface area (Å²) in [6, 6.07) is 0.